The Balaban J connectivity index is 2.32. The third kappa shape index (κ3) is 3.72. The zero-order valence-corrected chi connectivity index (χ0v) is 15.7. The topological polar surface area (TPSA) is 85.8 Å². The van der Waals surface area contributed by atoms with Crippen molar-refractivity contribution < 1.29 is 4.79 Å². The van der Waals surface area contributed by atoms with Crippen molar-refractivity contribution in [2.24, 2.45) is 0 Å². The molecule has 1 atom stereocenters. The Morgan fingerprint density at radius 1 is 1.25 bits per heavy atom. The fourth-order valence-corrected chi connectivity index (χ4v) is 3.59. The zero-order valence-electron chi connectivity index (χ0n) is 14.9. The van der Waals surface area contributed by atoms with E-state index in [2.05, 4.69) is 27.6 Å². The van der Waals surface area contributed by atoms with Crippen molar-refractivity contribution in [2.45, 2.75) is 52.2 Å². The van der Waals surface area contributed by atoms with Gasteiger partial charge in [0.1, 0.15) is 6.04 Å². The van der Waals surface area contributed by atoms with Crippen LogP contribution in [-0.4, -0.2) is 26.4 Å². The predicted molar refractivity (Wildman–Crippen MR) is 99.4 cm³/mol. The normalized spacial score (nSPS) is 12.2. The van der Waals surface area contributed by atoms with E-state index in [9.17, 15) is 4.79 Å². The van der Waals surface area contributed by atoms with Gasteiger partial charge in [-0.3, -0.25) is 9.36 Å². The van der Waals surface area contributed by atoms with Gasteiger partial charge >= 0.3 is 0 Å². The van der Waals surface area contributed by atoms with E-state index in [0.29, 0.717) is 11.6 Å². The summed E-state index contributed by atoms with van der Waals surface area (Å²) in [7, 11) is 0. The molecule has 0 bridgehead atoms. The fraction of sp³-hybridized carbons (Fsp3) is 0.471. The maximum atomic E-state index is 12.9. The van der Waals surface area contributed by atoms with Crippen LogP contribution >= 0.6 is 11.8 Å². The van der Waals surface area contributed by atoms with Gasteiger partial charge in [0.2, 0.25) is 11.9 Å². The predicted octanol–water partition coefficient (Wildman–Crippen LogP) is 3.49. The molecule has 0 aliphatic carbocycles. The lowest BCUT2D eigenvalue weighted by Crippen LogP contribution is -2.27. The van der Waals surface area contributed by atoms with Gasteiger partial charge in [0, 0.05) is 5.69 Å². The van der Waals surface area contributed by atoms with Gasteiger partial charge in [0.05, 0.1) is 0 Å². The molecule has 0 aliphatic rings. The van der Waals surface area contributed by atoms with E-state index in [1.54, 1.807) is 4.57 Å². The van der Waals surface area contributed by atoms with E-state index < -0.39 is 6.04 Å². The first-order valence-electron chi connectivity index (χ1n) is 8.10. The number of hydrogen-bond donors (Lipinski definition) is 2. The Hall–Kier alpha value is -2.02. The largest absolute Gasteiger partial charge is 0.368 e. The van der Waals surface area contributed by atoms with Gasteiger partial charge in [0.15, 0.2) is 5.16 Å². The molecule has 0 fully saturated rings. The van der Waals surface area contributed by atoms with Crippen molar-refractivity contribution in [3.63, 3.8) is 0 Å². The first-order valence-corrected chi connectivity index (χ1v) is 9.09. The third-order valence-electron chi connectivity index (χ3n) is 3.89. The molecule has 6 nitrogen and oxygen atoms in total. The van der Waals surface area contributed by atoms with Gasteiger partial charge < -0.3 is 11.1 Å². The molecule has 1 aromatic heterocycles. The van der Waals surface area contributed by atoms with E-state index in [1.165, 1.54) is 17.3 Å². The van der Waals surface area contributed by atoms with Crippen LogP contribution < -0.4 is 11.1 Å². The van der Waals surface area contributed by atoms with Gasteiger partial charge in [-0.25, -0.2) is 0 Å². The smallest absolute Gasteiger partial charge is 0.247 e. The van der Waals surface area contributed by atoms with E-state index >= 15 is 0 Å². The second kappa shape index (κ2) is 7.70. The number of amides is 1. The summed E-state index contributed by atoms with van der Waals surface area (Å²) in [6.07, 6.45) is 0.606. The number of rotatable bonds is 6. The molecular formula is C17H25N5OS. The highest BCUT2D eigenvalue weighted by atomic mass is 32.2. The van der Waals surface area contributed by atoms with Crippen molar-refractivity contribution in [3.8, 4) is 0 Å². The number of carbonyl (C=O) groups excluding carboxylic acids is 1. The molecular weight excluding hydrogens is 322 g/mol. The van der Waals surface area contributed by atoms with Crippen molar-refractivity contribution in [1.29, 1.82) is 0 Å². The van der Waals surface area contributed by atoms with Crippen molar-refractivity contribution in [2.75, 3.05) is 16.8 Å². The summed E-state index contributed by atoms with van der Waals surface area (Å²) in [6.45, 7) is 10.0. The standard InChI is InChI=1S/C17H25N5OS/c1-6-13(22-16(18)20-21-17(22)24-7-2)15(23)19-14-11(4)8-10(3)9-12(14)5/h8-9,13H,6-7H2,1-5H3,(H2,18,20)(H,19,23)/t13-/m1/s1. The number of nitrogens with two attached hydrogens (primary N) is 1. The monoisotopic (exact) mass is 347 g/mol. The van der Waals surface area contributed by atoms with E-state index in [0.717, 1.165) is 22.6 Å². The molecule has 1 amide bonds. The van der Waals surface area contributed by atoms with Gasteiger partial charge in [-0.1, -0.05) is 43.3 Å². The zero-order chi connectivity index (χ0) is 17.9. The van der Waals surface area contributed by atoms with Crippen LogP contribution in [0, 0.1) is 20.8 Å². The molecule has 24 heavy (non-hydrogen) atoms. The summed E-state index contributed by atoms with van der Waals surface area (Å²) in [6, 6.07) is 3.69. The highest BCUT2D eigenvalue weighted by Gasteiger charge is 2.25. The maximum absolute atomic E-state index is 12.9. The van der Waals surface area contributed by atoms with Crippen molar-refractivity contribution >= 4 is 29.3 Å². The number of nitrogens with one attached hydrogen (secondary N) is 1. The molecule has 0 aliphatic heterocycles. The minimum absolute atomic E-state index is 0.1000. The Bertz CT molecular complexity index is 718. The fourth-order valence-electron chi connectivity index (χ4n) is 2.88. The van der Waals surface area contributed by atoms with Gasteiger partial charge in [-0.2, -0.15) is 0 Å². The number of aryl methyl sites for hydroxylation is 3. The molecule has 0 spiro atoms. The minimum atomic E-state index is -0.436. The number of aromatic nitrogens is 3. The van der Waals surface area contributed by atoms with Crippen LogP contribution in [0.5, 0.6) is 0 Å². The van der Waals surface area contributed by atoms with Crippen LogP contribution in [0.2, 0.25) is 0 Å². The first kappa shape index (κ1) is 18.3. The SMILES string of the molecule is CCSc1nnc(N)n1[C@H](CC)C(=O)Nc1c(C)cc(C)cc1C. The van der Waals surface area contributed by atoms with Crippen LogP contribution in [0.25, 0.3) is 0 Å². The van der Waals surface area contributed by atoms with Gasteiger partial charge in [-0.05, 0) is 44.1 Å². The summed E-state index contributed by atoms with van der Waals surface area (Å²) < 4.78 is 1.72. The van der Waals surface area contributed by atoms with Crippen LogP contribution in [0.1, 0.15) is 43.0 Å². The molecule has 130 valence electrons. The summed E-state index contributed by atoms with van der Waals surface area (Å²) in [5.74, 6) is 1.01. The second-order valence-corrected chi connectivity index (χ2v) is 7.06. The molecule has 0 saturated heterocycles. The first-order chi connectivity index (χ1) is 11.4. The highest BCUT2D eigenvalue weighted by molar-refractivity contribution is 7.99. The van der Waals surface area contributed by atoms with Gasteiger partial charge in [0.25, 0.3) is 0 Å². The molecule has 0 saturated carbocycles. The Morgan fingerprint density at radius 3 is 2.42 bits per heavy atom. The Kier molecular flexibility index (Phi) is 5.88. The lowest BCUT2D eigenvalue weighted by molar-refractivity contribution is -0.119. The summed E-state index contributed by atoms with van der Waals surface area (Å²) >= 11 is 1.53. The quantitative estimate of drug-likeness (QED) is 0.781. The average molecular weight is 347 g/mol. The molecule has 2 aromatic rings. The lowest BCUT2D eigenvalue weighted by atomic mass is 10.0. The third-order valence-corrected chi connectivity index (χ3v) is 4.72. The number of anilines is 2. The number of hydrogen-bond acceptors (Lipinski definition) is 5. The molecule has 0 radical (unpaired) electrons. The van der Waals surface area contributed by atoms with Crippen LogP contribution in [0.15, 0.2) is 17.3 Å². The van der Waals surface area contributed by atoms with Crippen molar-refractivity contribution in [3.05, 3.63) is 28.8 Å². The summed E-state index contributed by atoms with van der Waals surface area (Å²) in [5.41, 5.74) is 10.1. The lowest BCUT2D eigenvalue weighted by Gasteiger charge is -2.20. The number of nitrogens with zero attached hydrogens (tertiary/aromatic N) is 3. The maximum Gasteiger partial charge on any atom is 0.247 e. The molecule has 2 rings (SSSR count). The highest BCUT2D eigenvalue weighted by Crippen LogP contribution is 2.28. The second-order valence-electron chi connectivity index (χ2n) is 5.83. The Morgan fingerprint density at radius 2 is 1.88 bits per heavy atom. The van der Waals surface area contributed by atoms with E-state index in [-0.39, 0.29) is 11.9 Å². The van der Waals surface area contributed by atoms with Gasteiger partial charge in [-0.15, -0.1) is 10.2 Å². The molecule has 3 N–H and O–H groups in total. The molecule has 1 heterocycles. The number of carbonyl (C=O) groups is 1. The Labute approximate surface area is 147 Å². The molecule has 1 aromatic carbocycles. The van der Waals surface area contributed by atoms with Crippen LogP contribution in [0.4, 0.5) is 11.6 Å². The van der Waals surface area contributed by atoms with Crippen LogP contribution in [0.3, 0.4) is 0 Å². The van der Waals surface area contributed by atoms with E-state index in [4.69, 9.17) is 5.73 Å². The number of benzene rings is 1. The number of nitrogen functional groups attached to an aromatic ring is 1. The summed E-state index contributed by atoms with van der Waals surface area (Å²) in [5, 5.41) is 11.7. The molecule has 0 unspecified atom stereocenters. The average Bonchev–Trinajstić information content (AvgIpc) is 2.86. The summed E-state index contributed by atoms with van der Waals surface area (Å²) in [4.78, 5) is 12.9. The minimum Gasteiger partial charge on any atom is -0.368 e. The number of thioether (sulfide) groups is 1. The van der Waals surface area contributed by atoms with Crippen LogP contribution in [-0.2, 0) is 4.79 Å². The molecule has 7 heteroatoms. The van der Waals surface area contributed by atoms with E-state index in [1.807, 2.05) is 34.6 Å². The van der Waals surface area contributed by atoms with Crippen molar-refractivity contribution in [1.82, 2.24) is 14.8 Å².